The number of hydrogen-bond donors (Lipinski definition) is 1. The number of fused-ring (bicyclic) bond motifs is 3. The highest BCUT2D eigenvalue weighted by molar-refractivity contribution is 7.99. The zero-order chi connectivity index (χ0) is 15.0. The first-order chi connectivity index (χ1) is 10.1. The molecule has 0 amide bonds. The Morgan fingerprint density at radius 3 is 2.95 bits per heavy atom. The Morgan fingerprint density at radius 1 is 1.43 bits per heavy atom. The van der Waals surface area contributed by atoms with Crippen LogP contribution in [0.1, 0.15) is 6.42 Å². The van der Waals surface area contributed by atoms with Crippen LogP contribution in [0, 0.1) is 0 Å². The average Bonchev–Trinajstić information content (AvgIpc) is 2.83. The van der Waals surface area contributed by atoms with Crippen LogP contribution >= 0.6 is 11.8 Å². The van der Waals surface area contributed by atoms with Gasteiger partial charge in [0.15, 0.2) is 5.16 Å². The van der Waals surface area contributed by atoms with Gasteiger partial charge in [0.1, 0.15) is 11.1 Å². The van der Waals surface area contributed by atoms with Crippen molar-refractivity contribution in [3.05, 3.63) is 34.6 Å². The van der Waals surface area contributed by atoms with Gasteiger partial charge in [0, 0.05) is 18.2 Å². The first kappa shape index (κ1) is 13.7. The van der Waals surface area contributed by atoms with Gasteiger partial charge in [-0.05, 0) is 12.1 Å². The van der Waals surface area contributed by atoms with Crippen molar-refractivity contribution in [3.8, 4) is 0 Å². The zero-order valence-electron chi connectivity index (χ0n) is 11.2. The number of carbonyl (C=O) groups is 1. The van der Waals surface area contributed by atoms with Crippen molar-refractivity contribution >= 4 is 39.8 Å². The first-order valence-electron chi connectivity index (χ1n) is 6.31. The summed E-state index contributed by atoms with van der Waals surface area (Å²) in [6.07, 6.45) is 0.0186. The lowest BCUT2D eigenvalue weighted by atomic mass is 10.2. The topological polar surface area (TPSA) is 85.3 Å². The molecule has 0 aliphatic rings. The lowest BCUT2D eigenvalue weighted by molar-refractivity contribution is -0.136. The van der Waals surface area contributed by atoms with E-state index in [1.807, 2.05) is 18.2 Å². The molecule has 3 aromatic rings. The van der Waals surface area contributed by atoms with Gasteiger partial charge in [0.25, 0.3) is 5.56 Å². The van der Waals surface area contributed by atoms with Gasteiger partial charge in [-0.25, -0.2) is 4.98 Å². The van der Waals surface area contributed by atoms with Crippen LogP contribution < -0.4 is 5.56 Å². The number of benzene rings is 1. The van der Waals surface area contributed by atoms with E-state index in [0.717, 1.165) is 5.39 Å². The van der Waals surface area contributed by atoms with Crippen LogP contribution in [-0.2, 0) is 11.8 Å². The normalized spacial score (nSPS) is 11.3. The highest BCUT2D eigenvalue weighted by atomic mass is 32.2. The van der Waals surface area contributed by atoms with Crippen LogP contribution in [0.3, 0.4) is 0 Å². The fourth-order valence-electron chi connectivity index (χ4n) is 2.06. The molecular formula is C14H12N2O4S. The quantitative estimate of drug-likeness (QED) is 0.588. The van der Waals surface area contributed by atoms with Crippen LogP contribution in [0.15, 0.2) is 38.6 Å². The van der Waals surface area contributed by atoms with Gasteiger partial charge in [-0.1, -0.05) is 23.9 Å². The Labute approximate surface area is 123 Å². The molecule has 1 aromatic carbocycles. The summed E-state index contributed by atoms with van der Waals surface area (Å²) in [6, 6.07) is 7.32. The van der Waals surface area contributed by atoms with Crippen LogP contribution in [0.2, 0.25) is 0 Å². The molecule has 2 aromatic heterocycles. The fraction of sp³-hybridized carbons (Fsp3) is 0.214. The van der Waals surface area contributed by atoms with Crippen molar-refractivity contribution < 1.29 is 14.3 Å². The smallest absolute Gasteiger partial charge is 0.304 e. The van der Waals surface area contributed by atoms with E-state index in [2.05, 4.69) is 4.98 Å². The predicted octanol–water partition coefficient (Wildman–Crippen LogP) is 2.25. The molecule has 3 rings (SSSR count). The highest BCUT2D eigenvalue weighted by Crippen LogP contribution is 2.26. The maximum absolute atomic E-state index is 12.3. The van der Waals surface area contributed by atoms with E-state index in [0.29, 0.717) is 22.0 Å². The summed E-state index contributed by atoms with van der Waals surface area (Å²) in [5.74, 6) is -0.515. The van der Waals surface area contributed by atoms with Crippen molar-refractivity contribution in [2.24, 2.45) is 7.05 Å². The monoisotopic (exact) mass is 304 g/mol. The van der Waals surface area contributed by atoms with Gasteiger partial charge in [-0.2, -0.15) is 0 Å². The van der Waals surface area contributed by atoms with E-state index >= 15 is 0 Å². The average molecular weight is 304 g/mol. The first-order valence-corrected chi connectivity index (χ1v) is 7.29. The molecule has 2 heterocycles. The Kier molecular flexibility index (Phi) is 3.42. The van der Waals surface area contributed by atoms with E-state index < -0.39 is 5.97 Å². The Morgan fingerprint density at radius 2 is 2.19 bits per heavy atom. The number of carboxylic acid groups (broad SMARTS) is 1. The molecule has 0 aliphatic heterocycles. The van der Waals surface area contributed by atoms with Crippen molar-refractivity contribution in [1.82, 2.24) is 9.55 Å². The number of para-hydroxylation sites is 1. The van der Waals surface area contributed by atoms with E-state index in [9.17, 15) is 9.59 Å². The van der Waals surface area contributed by atoms with Crippen LogP contribution in [-0.4, -0.2) is 26.4 Å². The van der Waals surface area contributed by atoms with Crippen LogP contribution in [0.5, 0.6) is 0 Å². The number of nitrogens with zero attached hydrogens (tertiary/aromatic N) is 2. The van der Waals surface area contributed by atoms with E-state index in [1.54, 1.807) is 13.1 Å². The van der Waals surface area contributed by atoms with Crippen molar-refractivity contribution in [3.63, 3.8) is 0 Å². The van der Waals surface area contributed by atoms with E-state index in [-0.39, 0.29) is 17.6 Å². The molecule has 0 saturated heterocycles. The number of aromatic nitrogens is 2. The molecule has 108 valence electrons. The third-order valence-corrected chi connectivity index (χ3v) is 4.14. The van der Waals surface area contributed by atoms with Crippen molar-refractivity contribution in [1.29, 1.82) is 0 Å². The molecule has 0 saturated carbocycles. The SMILES string of the molecule is Cn1c(SCCC(=O)O)nc2c(oc3ccccc32)c1=O. The highest BCUT2D eigenvalue weighted by Gasteiger charge is 2.15. The van der Waals surface area contributed by atoms with E-state index in [1.165, 1.54) is 16.3 Å². The van der Waals surface area contributed by atoms with Crippen LogP contribution in [0.4, 0.5) is 0 Å². The lowest BCUT2D eigenvalue weighted by Gasteiger charge is -2.05. The molecule has 0 aliphatic carbocycles. The second kappa shape index (κ2) is 5.25. The van der Waals surface area contributed by atoms with Gasteiger partial charge in [0.05, 0.1) is 6.42 Å². The summed E-state index contributed by atoms with van der Waals surface area (Å²) in [7, 11) is 1.60. The number of furan rings is 1. The van der Waals surface area contributed by atoms with E-state index in [4.69, 9.17) is 9.52 Å². The summed E-state index contributed by atoms with van der Waals surface area (Å²) in [5.41, 5.74) is 1.09. The second-order valence-electron chi connectivity index (χ2n) is 4.53. The summed E-state index contributed by atoms with van der Waals surface area (Å²) in [4.78, 5) is 27.3. The molecule has 21 heavy (non-hydrogen) atoms. The molecule has 0 spiro atoms. The van der Waals surface area contributed by atoms with Gasteiger partial charge >= 0.3 is 5.97 Å². The molecule has 0 fully saturated rings. The number of hydrogen-bond acceptors (Lipinski definition) is 5. The molecular weight excluding hydrogens is 292 g/mol. The summed E-state index contributed by atoms with van der Waals surface area (Å²) < 4.78 is 6.95. The predicted molar refractivity (Wildman–Crippen MR) is 79.7 cm³/mol. The molecule has 0 bridgehead atoms. The maximum atomic E-state index is 12.3. The number of carboxylic acids is 1. The minimum absolute atomic E-state index is 0.0186. The number of thioether (sulfide) groups is 1. The second-order valence-corrected chi connectivity index (χ2v) is 5.59. The minimum Gasteiger partial charge on any atom is -0.481 e. The fourth-order valence-corrected chi connectivity index (χ4v) is 2.95. The van der Waals surface area contributed by atoms with Gasteiger partial charge in [0.2, 0.25) is 5.58 Å². The molecule has 7 heteroatoms. The van der Waals surface area contributed by atoms with Crippen molar-refractivity contribution in [2.75, 3.05) is 5.75 Å². The maximum Gasteiger partial charge on any atom is 0.304 e. The molecule has 0 radical (unpaired) electrons. The third-order valence-electron chi connectivity index (χ3n) is 3.11. The Balaban J connectivity index is 2.13. The number of aliphatic carboxylic acids is 1. The van der Waals surface area contributed by atoms with Crippen molar-refractivity contribution in [2.45, 2.75) is 11.6 Å². The van der Waals surface area contributed by atoms with Crippen LogP contribution in [0.25, 0.3) is 22.1 Å². The largest absolute Gasteiger partial charge is 0.481 e. The molecule has 6 nitrogen and oxygen atoms in total. The zero-order valence-corrected chi connectivity index (χ0v) is 12.0. The third kappa shape index (κ3) is 2.40. The van der Waals surface area contributed by atoms with Gasteiger partial charge < -0.3 is 9.52 Å². The Bertz CT molecular complexity index is 897. The summed E-state index contributed by atoms with van der Waals surface area (Å²) in [5, 5.41) is 9.95. The number of rotatable bonds is 4. The molecule has 0 atom stereocenters. The van der Waals surface area contributed by atoms with Gasteiger partial charge in [-0.3, -0.25) is 14.2 Å². The summed E-state index contributed by atoms with van der Waals surface area (Å²) >= 11 is 1.25. The molecule has 0 unspecified atom stereocenters. The van der Waals surface area contributed by atoms with Gasteiger partial charge in [-0.15, -0.1) is 0 Å². The minimum atomic E-state index is -0.873. The molecule has 1 N–H and O–H groups in total. The lowest BCUT2D eigenvalue weighted by Crippen LogP contribution is -2.19. The standard InChI is InChI=1S/C14H12N2O4S/c1-16-13(19)12-11(8-4-2-3-5-9(8)20-12)15-14(16)21-7-6-10(17)18/h2-5H,6-7H2,1H3,(H,17,18). The Hall–Kier alpha value is -2.28. The summed E-state index contributed by atoms with van der Waals surface area (Å²) in [6.45, 7) is 0.